The molecule has 2 nitrogen and oxygen atoms in total. The van der Waals surface area contributed by atoms with E-state index in [9.17, 15) is 9.50 Å². The highest BCUT2D eigenvalue weighted by Gasteiger charge is 2.15. The maximum atomic E-state index is 13.2. The van der Waals surface area contributed by atoms with Crippen LogP contribution in [0.1, 0.15) is 6.92 Å². The lowest BCUT2D eigenvalue weighted by molar-refractivity contribution is 0.309. The molecule has 0 aliphatic heterocycles. The Labute approximate surface area is 92.0 Å². The first-order chi connectivity index (χ1) is 6.07. The molecule has 0 atom stereocenters. The molecule has 0 amide bonds. The van der Waals surface area contributed by atoms with Crippen molar-refractivity contribution in [2.75, 3.05) is 6.61 Å². The Morgan fingerprint density at radius 3 is 2.69 bits per heavy atom. The van der Waals surface area contributed by atoms with Gasteiger partial charge in [0.25, 0.3) is 0 Å². The minimum absolute atomic E-state index is 0.134. The van der Waals surface area contributed by atoms with Crippen LogP contribution in [-0.2, 0) is 0 Å². The standard InChI is InChI=1S/C8H7Br2FO2/c1-2-13-5-3-4(9)6(10)7(11)8(5)12/h3,12H,2H2,1H3. The first kappa shape index (κ1) is 10.8. The van der Waals surface area contributed by atoms with E-state index in [1.54, 1.807) is 6.92 Å². The van der Waals surface area contributed by atoms with Gasteiger partial charge < -0.3 is 9.84 Å². The number of phenolic OH excluding ortho intramolecular Hbond substituents is 1. The van der Waals surface area contributed by atoms with Gasteiger partial charge in [0.15, 0.2) is 17.3 Å². The zero-order chi connectivity index (χ0) is 10.0. The molecular weight excluding hydrogens is 307 g/mol. The Balaban J connectivity index is 3.24. The van der Waals surface area contributed by atoms with Crippen LogP contribution in [0.4, 0.5) is 4.39 Å². The van der Waals surface area contributed by atoms with Crippen molar-refractivity contribution < 1.29 is 14.2 Å². The molecule has 0 unspecified atom stereocenters. The predicted molar refractivity (Wildman–Crippen MR) is 54.6 cm³/mol. The smallest absolute Gasteiger partial charge is 0.195 e. The second-order valence-electron chi connectivity index (χ2n) is 2.27. The van der Waals surface area contributed by atoms with Gasteiger partial charge in [-0.1, -0.05) is 0 Å². The minimum Gasteiger partial charge on any atom is -0.502 e. The molecule has 0 saturated heterocycles. The van der Waals surface area contributed by atoms with Crippen LogP contribution in [-0.4, -0.2) is 11.7 Å². The van der Waals surface area contributed by atoms with Crippen molar-refractivity contribution in [2.45, 2.75) is 6.92 Å². The van der Waals surface area contributed by atoms with E-state index in [1.165, 1.54) is 6.07 Å². The summed E-state index contributed by atoms with van der Waals surface area (Å²) < 4.78 is 18.9. The lowest BCUT2D eigenvalue weighted by atomic mass is 10.3. The second kappa shape index (κ2) is 4.28. The van der Waals surface area contributed by atoms with Crippen LogP contribution in [0.3, 0.4) is 0 Å². The van der Waals surface area contributed by atoms with Gasteiger partial charge in [0.2, 0.25) is 0 Å². The molecule has 0 fully saturated rings. The Bertz CT molecular complexity index is 328. The molecule has 1 N–H and O–H groups in total. The number of hydrogen-bond donors (Lipinski definition) is 1. The molecule has 13 heavy (non-hydrogen) atoms. The largest absolute Gasteiger partial charge is 0.502 e. The number of aromatic hydroxyl groups is 1. The van der Waals surface area contributed by atoms with E-state index in [4.69, 9.17) is 4.74 Å². The molecule has 0 aromatic heterocycles. The van der Waals surface area contributed by atoms with Crippen LogP contribution in [0, 0.1) is 5.82 Å². The van der Waals surface area contributed by atoms with E-state index in [2.05, 4.69) is 31.9 Å². The van der Waals surface area contributed by atoms with Crippen molar-refractivity contribution in [3.63, 3.8) is 0 Å². The quantitative estimate of drug-likeness (QED) is 0.847. The number of phenols is 1. The van der Waals surface area contributed by atoms with Crippen LogP contribution >= 0.6 is 31.9 Å². The molecule has 0 saturated carbocycles. The van der Waals surface area contributed by atoms with Crippen LogP contribution in [0.2, 0.25) is 0 Å². The summed E-state index contributed by atoms with van der Waals surface area (Å²) in [6, 6.07) is 1.51. The summed E-state index contributed by atoms with van der Waals surface area (Å²) in [7, 11) is 0. The van der Waals surface area contributed by atoms with E-state index < -0.39 is 11.6 Å². The summed E-state index contributed by atoms with van der Waals surface area (Å²) in [5.41, 5.74) is 0. The number of halogens is 3. The molecule has 0 aliphatic carbocycles. The van der Waals surface area contributed by atoms with E-state index in [1.807, 2.05) is 0 Å². The summed E-state index contributed by atoms with van der Waals surface area (Å²) in [6.07, 6.45) is 0. The molecule has 72 valence electrons. The number of benzene rings is 1. The minimum atomic E-state index is -0.724. The van der Waals surface area contributed by atoms with Crippen molar-refractivity contribution in [3.05, 3.63) is 20.8 Å². The van der Waals surface area contributed by atoms with Gasteiger partial charge in [-0.25, -0.2) is 4.39 Å². The fourth-order valence-corrected chi connectivity index (χ4v) is 1.51. The maximum absolute atomic E-state index is 13.2. The Morgan fingerprint density at radius 1 is 1.54 bits per heavy atom. The van der Waals surface area contributed by atoms with Gasteiger partial charge in [-0.15, -0.1) is 0 Å². The summed E-state index contributed by atoms with van der Waals surface area (Å²) in [4.78, 5) is 0. The van der Waals surface area contributed by atoms with Crippen molar-refractivity contribution in [1.29, 1.82) is 0 Å². The van der Waals surface area contributed by atoms with Crippen LogP contribution < -0.4 is 4.74 Å². The molecule has 0 radical (unpaired) electrons. The van der Waals surface area contributed by atoms with Crippen LogP contribution in [0.5, 0.6) is 11.5 Å². The van der Waals surface area contributed by atoms with Crippen molar-refractivity contribution in [1.82, 2.24) is 0 Å². The normalized spacial score (nSPS) is 10.2. The Hall–Kier alpha value is -0.290. The molecule has 1 rings (SSSR count). The molecule has 5 heteroatoms. The van der Waals surface area contributed by atoms with Crippen molar-refractivity contribution in [3.8, 4) is 11.5 Å². The van der Waals surface area contributed by atoms with E-state index in [0.717, 1.165) is 0 Å². The Kier molecular flexibility index (Phi) is 3.55. The molecule has 0 bridgehead atoms. The summed E-state index contributed by atoms with van der Waals surface area (Å²) in [5.74, 6) is -1.06. The first-order valence-corrected chi connectivity index (χ1v) is 5.15. The number of ether oxygens (including phenoxy) is 1. The summed E-state index contributed by atoms with van der Waals surface area (Å²) in [5, 5.41) is 9.28. The highest BCUT2D eigenvalue weighted by Crippen LogP contribution is 2.38. The molecule has 0 aliphatic rings. The topological polar surface area (TPSA) is 29.5 Å². The molecule has 0 heterocycles. The summed E-state index contributed by atoms with van der Waals surface area (Å²) >= 11 is 6.10. The van der Waals surface area contributed by atoms with Gasteiger partial charge in [0, 0.05) is 4.47 Å². The SMILES string of the molecule is CCOc1cc(Br)c(Br)c(F)c1O. The fraction of sp³-hybridized carbons (Fsp3) is 0.250. The van der Waals surface area contributed by atoms with Gasteiger partial charge in [-0.2, -0.15) is 0 Å². The highest BCUT2D eigenvalue weighted by molar-refractivity contribution is 9.13. The lowest BCUT2D eigenvalue weighted by Gasteiger charge is -2.08. The molecule has 0 spiro atoms. The number of rotatable bonds is 2. The van der Waals surface area contributed by atoms with Crippen LogP contribution in [0.15, 0.2) is 15.0 Å². The monoisotopic (exact) mass is 312 g/mol. The zero-order valence-electron chi connectivity index (χ0n) is 6.77. The van der Waals surface area contributed by atoms with E-state index in [-0.39, 0.29) is 10.2 Å². The third kappa shape index (κ3) is 2.14. The average Bonchev–Trinajstić information content (AvgIpc) is 2.11. The van der Waals surface area contributed by atoms with Gasteiger partial charge >= 0.3 is 0 Å². The zero-order valence-corrected chi connectivity index (χ0v) is 9.95. The average molecular weight is 314 g/mol. The predicted octanol–water partition coefficient (Wildman–Crippen LogP) is 3.46. The van der Waals surface area contributed by atoms with Crippen molar-refractivity contribution >= 4 is 31.9 Å². The molecule has 1 aromatic carbocycles. The van der Waals surface area contributed by atoms with Gasteiger partial charge in [0.1, 0.15) is 0 Å². The first-order valence-electron chi connectivity index (χ1n) is 3.57. The van der Waals surface area contributed by atoms with Crippen molar-refractivity contribution in [2.24, 2.45) is 0 Å². The Morgan fingerprint density at radius 2 is 2.15 bits per heavy atom. The fourth-order valence-electron chi connectivity index (χ4n) is 0.829. The molecular formula is C8H7Br2FO2. The van der Waals surface area contributed by atoms with Gasteiger partial charge in [-0.05, 0) is 44.8 Å². The maximum Gasteiger partial charge on any atom is 0.195 e. The van der Waals surface area contributed by atoms with Crippen LogP contribution in [0.25, 0.3) is 0 Å². The number of hydrogen-bond acceptors (Lipinski definition) is 2. The summed E-state index contributed by atoms with van der Waals surface area (Å²) in [6.45, 7) is 2.13. The third-order valence-electron chi connectivity index (χ3n) is 1.40. The van der Waals surface area contributed by atoms with Gasteiger partial charge in [-0.3, -0.25) is 0 Å². The molecule has 1 aromatic rings. The highest BCUT2D eigenvalue weighted by atomic mass is 79.9. The van der Waals surface area contributed by atoms with E-state index in [0.29, 0.717) is 11.1 Å². The third-order valence-corrected chi connectivity index (χ3v) is 3.33. The van der Waals surface area contributed by atoms with Gasteiger partial charge in [0.05, 0.1) is 11.1 Å². The van der Waals surface area contributed by atoms with E-state index >= 15 is 0 Å². The second-order valence-corrected chi connectivity index (χ2v) is 3.91. The lowest BCUT2D eigenvalue weighted by Crippen LogP contribution is -1.94.